The average Bonchev–Trinajstić information content (AvgIpc) is 3.08. The van der Waals surface area contributed by atoms with Gasteiger partial charge in [-0.2, -0.15) is 0 Å². The van der Waals surface area contributed by atoms with Crippen molar-refractivity contribution in [3.8, 4) is 22.4 Å². The van der Waals surface area contributed by atoms with Crippen molar-refractivity contribution in [2.24, 2.45) is 0 Å². The molecule has 0 atom stereocenters. The second-order valence-corrected chi connectivity index (χ2v) is 7.43. The van der Waals surface area contributed by atoms with E-state index in [1.807, 2.05) is 24.4 Å². The lowest BCUT2D eigenvalue weighted by atomic mass is 9.94. The van der Waals surface area contributed by atoms with Gasteiger partial charge in [-0.3, -0.25) is 4.98 Å². The molecule has 0 aliphatic heterocycles. The molecule has 0 aliphatic carbocycles. The van der Waals surface area contributed by atoms with Crippen LogP contribution in [-0.2, 0) is 0 Å². The van der Waals surface area contributed by atoms with Crippen LogP contribution in [0.25, 0.3) is 44.3 Å². The molecule has 2 nitrogen and oxygen atoms in total. The summed E-state index contributed by atoms with van der Waals surface area (Å²) in [6.07, 6.45) is 1.82. The highest BCUT2D eigenvalue weighted by atomic mass is 16.3. The first-order valence-corrected chi connectivity index (χ1v) is 9.57. The summed E-state index contributed by atoms with van der Waals surface area (Å²) in [5.74, 6) is 0. The van der Waals surface area contributed by atoms with Crippen molar-refractivity contribution in [1.29, 1.82) is 0 Å². The summed E-state index contributed by atoms with van der Waals surface area (Å²) < 4.78 is 6.42. The third-order valence-corrected chi connectivity index (χ3v) is 5.54. The lowest BCUT2D eigenvalue weighted by Gasteiger charge is -2.09. The predicted octanol–water partition coefficient (Wildman–Crippen LogP) is 7.24. The fraction of sp³-hybridized carbons (Fsp3) is 0.115. The second-order valence-electron chi connectivity index (χ2n) is 7.43. The van der Waals surface area contributed by atoms with Gasteiger partial charge in [-0.25, -0.2) is 0 Å². The lowest BCUT2D eigenvalue weighted by Crippen LogP contribution is -1.87. The van der Waals surface area contributed by atoms with Crippen molar-refractivity contribution in [2.75, 3.05) is 0 Å². The summed E-state index contributed by atoms with van der Waals surface area (Å²) in [4.78, 5) is 4.53. The minimum atomic E-state index is 0.910. The zero-order chi connectivity index (χ0) is 19.3. The van der Waals surface area contributed by atoms with Gasteiger partial charge in [0.2, 0.25) is 0 Å². The van der Waals surface area contributed by atoms with Gasteiger partial charge in [-0.1, -0.05) is 36.4 Å². The quantitative estimate of drug-likeness (QED) is 0.330. The Morgan fingerprint density at radius 1 is 0.750 bits per heavy atom. The molecule has 0 radical (unpaired) electrons. The molecule has 2 aromatic heterocycles. The first-order valence-electron chi connectivity index (χ1n) is 9.57. The standard InChI is InChI=1S/C26H21NO/c1-16-7-6-8-17(2)24(16)19-11-13-21-23(15-19)28-26-20(12-10-18(3)25(21)26)22-9-4-5-14-27-22/h4-15H,1-3H3. The third-order valence-electron chi connectivity index (χ3n) is 5.54. The monoisotopic (exact) mass is 363 g/mol. The number of aromatic nitrogens is 1. The van der Waals surface area contributed by atoms with E-state index < -0.39 is 0 Å². The van der Waals surface area contributed by atoms with E-state index >= 15 is 0 Å². The summed E-state index contributed by atoms with van der Waals surface area (Å²) >= 11 is 0. The SMILES string of the molecule is Cc1cccc(C)c1-c1ccc2c(c1)oc1c(-c3ccccn3)ccc(C)c12. The van der Waals surface area contributed by atoms with E-state index in [-0.39, 0.29) is 0 Å². The van der Waals surface area contributed by atoms with E-state index in [1.54, 1.807) is 0 Å². The Labute approximate surface area is 164 Å². The number of benzene rings is 3. The van der Waals surface area contributed by atoms with Gasteiger partial charge >= 0.3 is 0 Å². The van der Waals surface area contributed by atoms with Gasteiger partial charge in [0.05, 0.1) is 5.69 Å². The van der Waals surface area contributed by atoms with Crippen LogP contribution in [0.4, 0.5) is 0 Å². The Bertz CT molecular complexity index is 1310. The highest BCUT2D eigenvalue weighted by molar-refractivity contribution is 6.11. The Hall–Kier alpha value is -3.39. The van der Waals surface area contributed by atoms with Crippen molar-refractivity contribution in [2.45, 2.75) is 20.8 Å². The summed E-state index contributed by atoms with van der Waals surface area (Å²) in [5, 5.41) is 2.33. The largest absolute Gasteiger partial charge is 0.455 e. The highest BCUT2D eigenvalue weighted by Crippen LogP contribution is 2.39. The fourth-order valence-electron chi connectivity index (χ4n) is 4.19. The van der Waals surface area contributed by atoms with Crippen LogP contribution in [0, 0.1) is 20.8 Å². The molecule has 0 saturated heterocycles. The van der Waals surface area contributed by atoms with Gasteiger partial charge in [0.25, 0.3) is 0 Å². The number of aryl methyl sites for hydroxylation is 3. The molecule has 5 aromatic rings. The van der Waals surface area contributed by atoms with E-state index in [4.69, 9.17) is 4.42 Å². The zero-order valence-corrected chi connectivity index (χ0v) is 16.3. The summed E-state index contributed by atoms with van der Waals surface area (Å²) in [6, 6.07) is 23.2. The molecule has 0 spiro atoms. The first-order chi connectivity index (χ1) is 13.6. The summed E-state index contributed by atoms with van der Waals surface area (Å²) in [6.45, 7) is 6.46. The van der Waals surface area contributed by atoms with Crippen LogP contribution in [0.5, 0.6) is 0 Å². The summed E-state index contributed by atoms with van der Waals surface area (Å²) in [7, 11) is 0. The van der Waals surface area contributed by atoms with E-state index in [2.05, 4.69) is 74.3 Å². The van der Waals surface area contributed by atoms with Crippen LogP contribution < -0.4 is 0 Å². The van der Waals surface area contributed by atoms with Gasteiger partial charge in [-0.05, 0) is 78.9 Å². The molecule has 0 aliphatic rings. The molecule has 0 saturated carbocycles. The number of rotatable bonds is 2. The lowest BCUT2D eigenvalue weighted by molar-refractivity contribution is 0.670. The van der Waals surface area contributed by atoms with Crippen LogP contribution in [0.1, 0.15) is 16.7 Å². The Balaban J connectivity index is 1.80. The van der Waals surface area contributed by atoms with E-state index in [1.165, 1.54) is 33.2 Å². The maximum atomic E-state index is 6.42. The normalized spacial score (nSPS) is 11.4. The Morgan fingerprint density at radius 2 is 1.57 bits per heavy atom. The van der Waals surface area contributed by atoms with Crippen molar-refractivity contribution >= 4 is 21.9 Å². The van der Waals surface area contributed by atoms with Crippen molar-refractivity contribution in [1.82, 2.24) is 4.98 Å². The zero-order valence-electron chi connectivity index (χ0n) is 16.3. The number of hydrogen-bond acceptors (Lipinski definition) is 2. The molecule has 136 valence electrons. The molecule has 0 unspecified atom stereocenters. The molecule has 5 rings (SSSR count). The molecule has 0 N–H and O–H groups in total. The molecule has 2 heteroatoms. The molecular formula is C26H21NO. The number of nitrogens with zero attached hydrogens (tertiary/aromatic N) is 1. The predicted molar refractivity (Wildman–Crippen MR) is 117 cm³/mol. The molecule has 2 heterocycles. The minimum Gasteiger partial charge on any atom is -0.455 e. The van der Waals surface area contributed by atoms with Crippen LogP contribution >= 0.6 is 0 Å². The molecule has 3 aromatic carbocycles. The topological polar surface area (TPSA) is 26.0 Å². The highest BCUT2D eigenvalue weighted by Gasteiger charge is 2.16. The average molecular weight is 363 g/mol. The van der Waals surface area contributed by atoms with E-state index in [9.17, 15) is 0 Å². The van der Waals surface area contributed by atoms with Crippen LogP contribution in [0.2, 0.25) is 0 Å². The van der Waals surface area contributed by atoms with Crippen LogP contribution in [0.3, 0.4) is 0 Å². The van der Waals surface area contributed by atoms with Crippen molar-refractivity contribution < 1.29 is 4.42 Å². The molecule has 0 fully saturated rings. The van der Waals surface area contributed by atoms with Crippen LogP contribution in [-0.4, -0.2) is 4.98 Å². The van der Waals surface area contributed by atoms with Gasteiger partial charge in [-0.15, -0.1) is 0 Å². The van der Waals surface area contributed by atoms with Crippen LogP contribution in [0.15, 0.2) is 77.3 Å². The second kappa shape index (κ2) is 6.35. The molecular weight excluding hydrogens is 342 g/mol. The smallest absolute Gasteiger partial charge is 0.145 e. The number of pyridine rings is 1. The van der Waals surface area contributed by atoms with Gasteiger partial charge < -0.3 is 4.42 Å². The number of fused-ring (bicyclic) bond motifs is 3. The van der Waals surface area contributed by atoms with E-state index in [0.29, 0.717) is 0 Å². The van der Waals surface area contributed by atoms with Gasteiger partial charge in [0.1, 0.15) is 11.2 Å². The van der Waals surface area contributed by atoms with Gasteiger partial charge in [0.15, 0.2) is 0 Å². The molecule has 0 amide bonds. The van der Waals surface area contributed by atoms with Gasteiger partial charge in [0, 0.05) is 22.5 Å². The maximum absolute atomic E-state index is 6.42. The molecule has 28 heavy (non-hydrogen) atoms. The third kappa shape index (κ3) is 2.53. The summed E-state index contributed by atoms with van der Waals surface area (Å²) in [5.41, 5.74) is 10.0. The van der Waals surface area contributed by atoms with Crippen molar-refractivity contribution in [3.05, 3.63) is 89.6 Å². The minimum absolute atomic E-state index is 0.910. The van der Waals surface area contributed by atoms with E-state index in [0.717, 1.165) is 27.8 Å². The first kappa shape index (κ1) is 16.8. The Morgan fingerprint density at radius 3 is 2.32 bits per heavy atom. The fourth-order valence-corrected chi connectivity index (χ4v) is 4.19. The molecule has 0 bridgehead atoms. The Kier molecular flexibility index (Phi) is 3.80. The number of furan rings is 1. The number of hydrogen-bond donors (Lipinski definition) is 0. The maximum Gasteiger partial charge on any atom is 0.145 e. The van der Waals surface area contributed by atoms with Crippen molar-refractivity contribution in [3.63, 3.8) is 0 Å².